The molecule has 1 aromatic carbocycles. The van der Waals surface area contributed by atoms with E-state index in [0.717, 1.165) is 38.2 Å². The molecule has 1 heterocycles. The second-order valence-electron chi connectivity index (χ2n) is 5.24. The normalized spacial score (nSPS) is 10.9. The molecular formula is C17H23NO2. The Morgan fingerprint density at radius 2 is 2.10 bits per heavy atom. The van der Waals surface area contributed by atoms with Gasteiger partial charge in [-0.25, -0.2) is 0 Å². The van der Waals surface area contributed by atoms with Crippen LogP contribution in [0.15, 0.2) is 30.5 Å². The van der Waals surface area contributed by atoms with Crippen molar-refractivity contribution >= 4 is 16.7 Å². The molecular weight excluding hydrogens is 250 g/mol. The van der Waals surface area contributed by atoms with E-state index in [1.54, 1.807) is 6.92 Å². The van der Waals surface area contributed by atoms with Crippen LogP contribution in [0, 0.1) is 0 Å². The standard InChI is InChI=1S/C17H23NO2/c1-3-12-20-16-7-8-17-15(13-16)9-11-18(17)10-5-4-6-14(2)19/h7-9,11,13H,3-6,10,12H2,1-2H3. The second-order valence-corrected chi connectivity index (χ2v) is 5.24. The van der Waals surface area contributed by atoms with Crippen molar-refractivity contribution in [1.82, 2.24) is 4.57 Å². The Morgan fingerprint density at radius 3 is 2.85 bits per heavy atom. The molecule has 0 unspecified atom stereocenters. The zero-order valence-corrected chi connectivity index (χ0v) is 12.4. The zero-order chi connectivity index (χ0) is 14.4. The van der Waals surface area contributed by atoms with E-state index < -0.39 is 0 Å². The van der Waals surface area contributed by atoms with E-state index in [1.807, 2.05) is 6.07 Å². The lowest BCUT2D eigenvalue weighted by molar-refractivity contribution is -0.117. The van der Waals surface area contributed by atoms with Crippen molar-refractivity contribution in [3.05, 3.63) is 30.5 Å². The summed E-state index contributed by atoms with van der Waals surface area (Å²) in [5.41, 5.74) is 1.23. The van der Waals surface area contributed by atoms with E-state index in [4.69, 9.17) is 4.74 Å². The van der Waals surface area contributed by atoms with Gasteiger partial charge < -0.3 is 14.1 Å². The lowest BCUT2D eigenvalue weighted by atomic mass is 10.2. The van der Waals surface area contributed by atoms with Crippen molar-refractivity contribution < 1.29 is 9.53 Å². The van der Waals surface area contributed by atoms with Crippen LogP contribution in [0.4, 0.5) is 0 Å². The number of carbonyl (C=O) groups is 1. The van der Waals surface area contributed by atoms with Crippen molar-refractivity contribution in [2.24, 2.45) is 0 Å². The van der Waals surface area contributed by atoms with Gasteiger partial charge in [0.2, 0.25) is 0 Å². The summed E-state index contributed by atoms with van der Waals surface area (Å²) in [6.45, 7) is 5.49. The number of hydrogen-bond donors (Lipinski definition) is 0. The van der Waals surface area contributed by atoms with Crippen molar-refractivity contribution in [2.75, 3.05) is 6.61 Å². The largest absolute Gasteiger partial charge is 0.494 e. The number of benzene rings is 1. The molecule has 0 radical (unpaired) electrons. The molecule has 3 heteroatoms. The molecule has 0 aliphatic heterocycles. The summed E-state index contributed by atoms with van der Waals surface area (Å²) in [6, 6.07) is 8.37. The first-order valence-electron chi connectivity index (χ1n) is 7.42. The van der Waals surface area contributed by atoms with Crippen LogP contribution in [0.25, 0.3) is 10.9 Å². The molecule has 0 saturated carbocycles. The summed E-state index contributed by atoms with van der Waals surface area (Å²) in [5, 5.41) is 1.21. The molecule has 3 nitrogen and oxygen atoms in total. The maximum Gasteiger partial charge on any atom is 0.129 e. The van der Waals surface area contributed by atoms with Gasteiger partial charge >= 0.3 is 0 Å². The van der Waals surface area contributed by atoms with Crippen LogP contribution >= 0.6 is 0 Å². The zero-order valence-electron chi connectivity index (χ0n) is 12.4. The number of fused-ring (bicyclic) bond motifs is 1. The van der Waals surface area contributed by atoms with Gasteiger partial charge in [-0.15, -0.1) is 0 Å². The predicted molar refractivity (Wildman–Crippen MR) is 82.3 cm³/mol. The molecule has 0 fully saturated rings. The number of aryl methyl sites for hydroxylation is 1. The Hall–Kier alpha value is -1.77. The predicted octanol–water partition coefficient (Wildman–Crippen LogP) is 4.19. The Bertz CT molecular complexity index is 571. The molecule has 20 heavy (non-hydrogen) atoms. The number of Topliss-reactive ketones (excluding diaryl/α,β-unsaturated/α-hetero) is 1. The average Bonchev–Trinajstić information content (AvgIpc) is 2.83. The third kappa shape index (κ3) is 3.86. The summed E-state index contributed by atoms with van der Waals surface area (Å²) >= 11 is 0. The molecule has 0 N–H and O–H groups in total. The van der Waals surface area contributed by atoms with Crippen LogP contribution in [-0.4, -0.2) is 17.0 Å². The molecule has 0 bridgehead atoms. The molecule has 2 rings (SSSR count). The monoisotopic (exact) mass is 273 g/mol. The second kappa shape index (κ2) is 7.13. The number of hydrogen-bond acceptors (Lipinski definition) is 2. The highest BCUT2D eigenvalue weighted by Crippen LogP contribution is 2.22. The first-order valence-corrected chi connectivity index (χ1v) is 7.42. The van der Waals surface area contributed by atoms with Crippen LogP contribution < -0.4 is 4.74 Å². The Morgan fingerprint density at radius 1 is 1.25 bits per heavy atom. The van der Waals surface area contributed by atoms with Gasteiger partial charge in [0, 0.05) is 30.1 Å². The minimum absolute atomic E-state index is 0.278. The number of ketones is 1. The van der Waals surface area contributed by atoms with Gasteiger partial charge in [0.15, 0.2) is 0 Å². The lowest BCUT2D eigenvalue weighted by Crippen LogP contribution is -1.98. The average molecular weight is 273 g/mol. The summed E-state index contributed by atoms with van der Waals surface area (Å²) in [6.07, 6.45) is 5.83. The maximum absolute atomic E-state index is 10.9. The fourth-order valence-electron chi connectivity index (χ4n) is 2.34. The van der Waals surface area contributed by atoms with Crippen molar-refractivity contribution in [1.29, 1.82) is 0 Å². The molecule has 0 aliphatic rings. The number of carbonyl (C=O) groups excluding carboxylic acids is 1. The quantitative estimate of drug-likeness (QED) is 0.675. The van der Waals surface area contributed by atoms with E-state index in [2.05, 4.69) is 35.9 Å². The van der Waals surface area contributed by atoms with Gasteiger partial charge in [-0.1, -0.05) is 6.92 Å². The Labute approximate surface area is 120 Å². The lowest BCUT2D eigenvalue weighted by Gasteiger charge is -2.07. The summed E-state index contributed by atoms with van der Waals surface area (Å²) in [7, 11) is 0. The highest BCUT2D eigenvalue weighted by atomic mass is 16.5. The van der Waals surface area contributed by atoms with Crippen molar-refractivity contribution in [2.45, 2.75) is 46.1 Å². The molecule has 0 spiro atoms. The van der Waals surface area contributed by atoms with E-state index in [0.29, 0.717) is 6.42 Å². The van der Waals surface area contributed by atoms with E-state index in [1.165, 1.54) is 10.9 Å². The van der Waals surface area contributed by atoms with Crippen LogP contribution in [0.1, 0.15) is 39.5 Å². The van der Waals surface area contributed by atoms with Gasteiger partial charge in [-0.05, 0) is 50.5 Å². The molecule has 1 aromatic heterocycles. The molecule has 0 aliphatic carbocycles. The van der Waals surface area contributed by atoms with Crippen LogP contribution in [0.5, 0.6) is 5.75 Å². The van der Waals surface area contributed by atoms with Crippen LogP contribution in [-0.2, 0) is 11.3 Å². The van der Waals surface area contributed by atoms with Gasteiger partial charge in [0.05, 0.1) is 6.61 Å². The fraction of sp³-hybridized carbons (Fsp3) is 0.471. The van der Waals surface area contributed by atoms with Gasteiger partial charge in [-0.2, -0.15) is 0 Å². The number of aromatic nitrogens is 1. The number of ether oxygens (including phenoxy) is 1. The number of nitrogens with zero attached hydrogens (tertiary/aromatic N) is 1. The van der Waals surface area contributed by atoms with Crippen LogP contribution in [0.2, 0.25) is 0 Å². The third-order valence-corrected chi connectivity index (χ3v) is 3.39. The molecule has 0 saturated heterocycles. The molecule has 0 amide bonds. The van der Waals surface area contributed by atoms with Gasteiger partial charge in [-0.3, -0.25) is 0 Å². The Kier molecular flexibility index (Phi) is 5.22. The maximum atomic E-state index is 10.9. The Balaban J connectivity index is 1.99. The van der Waals surface area contributed by atoms with E-state index >= 15 is 0 Å². The fourth-order valence-corrected chi connectivity index (χ4v) is 2.34. The third-order valence-electron chi connectivity index (χ3n) is 3.39. The minimum Gasteiger partial charge on any atom is -0.494 e. The summed E-state index contributed by atoms with van der Waals surface area (Å²) in [5.74, 6) is 1.22. The minimum atomic E-state index is 0.278. The smallest absolute Gasteiger partial charge is 0.129 e. The van der Waals surface area contributed by atoms with Gasteiger partial charge in [0.1, 0.15) is 11.5 Å². The molecule has 0 atom stereocenters. The summed E-state index contributed by atoms with van der Waals surface area (Å²) in [4.78, 5) is 10.9. The highest BCUT2D eigenvalue weighted by Gasteiger charge is 2.03. The summed E-state index contributed by atoms with van der Waals surface area (Å²) < 4.78 is 7.90. The first kappa shape index (κ1) is 14.6. The van der Waals surface area contributed by atoms with Crippen molar-refractivity contribution in [3.63, 3.8) is 0 Å². The van der Waals surface area contributed by atoms with Crippen molar-refractivity contribution in [3.8, 4) is 5.75 Å². The topological polar surface area (TPSA) is 31.2 Å². The van der Waals surface area contributed by atoms with Crippen LogP contribution in [0.3, 0.4) is 0 Å². The molecule has 2 aromatic rings. The number of unbranched alkanes of at least 4 members (excludes halogenated alkanes) is 1. The van der Waals surface area contributed by atoms with E-state index in [-0.39, 0.29) is 5.78 Å². The SMILES string of the molecule is CCCOc1ccc2c(ccn2CCCCC(C)=O)c1. The number of rotatable bonds is 8. The highest BCUT2D eigenvalue weighted by molar-refractivity contribution is 5.81. The van der Waals surface area contributed by atoms with Gasteiger partial charge in [0.25, 0.3) is 0 Å². The van der Waals surface area contributed by atoms with E-state index in [9.17, 15) is 4.79 Å². The molecule has 108 valence electrons. The first-order chi connectivity index (χ1) is 9.70.